The highest BCUT2D eigenvalue weighted by Gasteiger charge is 2.22. The van der Waals surface area contributed by atoms with Crippen LogP contribution in [-0.2, 0) is 0 Å². The van der Waals surface area contributed by atoms with Crippen molar-refractivity contribution in [3.05, 3.63) is 64.1 Å². The fourth-order valence-electron chi connectivity index (χ4n) is 3.50. The third kappa shape index (κ3) is 4.30. The van der Waals surface area contributed by atoms with Crippen LogP contribution in [0, 0.1) is 0 Å². The summed E-state index contributed by atoms with van der Waals surface area (Å²) in [5.41, 5.74) is 2.97. The SMILES string of the molecule is O=C(NC1CCCCC1)c1nc(-c2ccc(Br)cc2)c(-c2ccccc2)s1. The van der Waals surface area contributed by atoms with E-state index in [1.807, 2.05) is 42.5 Å². The highest BCUT2D eigenvalue weighted by Crippen LogP contribution is 2.37. The molecule has 4 rings (SSSR count). The Bertz CT molecular complexity index is 915. The van der Waals surface area contributed by atoms with E-state index in [1.165, 1.54) is 30.6 Å². The zero-order valence-electron chi connectivity index (χ0n) is 15.0. The van der Waals surface area contributed by atoms with Crippen LogP contribution in [0.5, 0.6) is 0 Å². The van der Waals surface area contributed by atoms with Crippen LogP contribution in [0.25, 0.3) is 21.7 Å². The monoisotopic (exact) mass is 440 g/mol. The van der Waals surface area contributed by atoms with Crippen LogP contribution in [0.1, 0.15) is 41.9 Å². The number of rotatable bonds is 4. The van der Waals surface area contributed by atoms with Crippen LogP contribution in [0.4, 0.5) is 0 Å². The van der Waals surface area contributed by atoms with Gasteiger partial charge in [0.2, 0.25) is 0 Å². The van der Waals surface area contributed by atoms with Gasteiger partial charge in [0.25, 0.3) is 5.91 Å². The average Bonchev–Trinajstić information content (AvgIpc) is 3.16. The van der Waals surface area contributed by atoms with Gasteiger partial charge in [-0.1, -0.05) is 77.7 Å². The standard InChI is InChI=1S/C22H21BrN2OS/c23-17-13-11-15(12-14-17)19-20(16-7-3-1-4-8-16)27-22(25-19)21(26)24-18-9-5-2-6-10-18/h1,3-4,7-8,11-14,18H,2,5-6,9-10H2,(H,24,26). The topological polar surface area (TPSA) is 42.0 Å². The van der Waals surface area contributed by atoms with Gasteiger partial charge < -0.3 is 5.32 Å². The van der Waals surface area contributed by atoms with Crippen molar-refractivity contribution in [1.82, 2.24) is 10.3 Å². The summed E-state index contributed by atoms with van der Waals surface area (Å²) in [5, 5.41) is 3.73. The second-order valence-electron chi connectivity index (χ2n) is 6.88. The van der Waals surface area contributed by atoms with Crippen LogP contribution >= 0.6 is 27.3 Å². The number of amides is 1. The number of carbonyl (C=O) groups excluding carboxylic acids is 1. The highest BCUT2D eigenvalue weighted by molar-refractivity contribution is 9.10. The third-order valence-corrected chi connectivity index (χ3v) is 6.55. The van der Waals surface area contributed by atoms with E-state index in [1.54, 1.807) is 0 Å². The van der Waals surface area contributed by atoms with Crippen LogP contribution in [0.15, 0.2) is 59.1 Å². The predicted octanol–water partition coefficient (Wildman–Crippen LogP) is 6.30. The first-order chi connectivity index (χ1) is 13.2. The molecule has 1 amide bonds. The van der Waals surface area contributed by atoms with E-state index < -0.39 is 0 Å². The van der Waals surface area contributed by atoms with Crippen molar-refractivity contribution in [1.29, 1.82) is 0 Å². The Kier molecular flexibility index (Phi) is 5.69. The van der Waals surface area contributed by atoms with Crippen molar-refractivity contribution in [2.24, 2.45) is 0 Å². The Morgan fingerprint density at radius 3 is 2.37 bits per heavy atom. The van der Waals surface area contributed by atoms with Gasteiger partial charge in [-0.05, 0) is 30.5 Å². The Hall–Kier alpha value is -1.98. The summed E-state index contributed by atoms with van der Waals surface area (Å²) in [6.07, 6.45) is 5.81. The van der Waals surface area contributed by atoms with E-state index in [-0.39, 0.29) is 11.9 Å². The number of hydrogen-bond acceptors (Lipinski definition) is 3. The van der Waals surface area contributed by atoms with Gasteiger partial charge >= 0.3 is 0 Å². The number of hydrogen-bond donors (Lipinski definition) is 1. The van der Waals surface area contributed by atoms with Gasteiger partial charge in [0.1, 0.15) is 0 Å². The van der Waals surface area contributed by atoms with E-state index >= 15 is 0 Å². The summed E-state index contributed by atoms with van der Waals surface area (Å²) >= 11 is 4.96. The first kappa shape index (κ1) is 18.4. The summed E-state index contributed by atoms with van der Waals surface area (Å²) in [4.78, 5) is 18.6. The molecule has 3 aromatic rings. The minimum absolute atomic E-state index is 0.0487. The molecule has 1 heterocycles. The second-order valence-corrected chi connectivity index (χ2v) is 8.79. The molecule has 0 bridgehead atoms. The molecule has 1 fully saturated rings. The zero-order chi connectivity index (χ0) is 18.6. The van der Waals surface area contributed by atoms with Crippen LogP contribution in [0.2, 0.25) is 0 Å². The fourth-order valence-corrected chi connectivity index (χ4v) is 4.76. The molecule has 0 spiro atoms. The van der Waals surface area contributed by atoms with Gasteiger partial charge in [0.05, 0.1) is 10.6 Å². The lowest BCUT2D eigenvalue weighted by atomic mass is 9.95. The molecule has 0 atom stereocenters. The summed E-state index contributed by atoms with van der Waals surface area (Å²) in [5.74, 6) is -0.0487. The van der Waals surface area contributed by atoms with Crippen LogP contribution < -0.4 is 5.32 Å². The molecule has 1 saturated carbocycles. The van der Waals surface area contributed by atoms with E-state index in [0.717, 1.165) is 39.0 Å². The lowest BCUT2D eigenvalue weighted by Crippen LogP contribution is -2.36. The van der Waals surface area contributed by atoms with E-state index in [0.29, 0.717) is 5.01 Å². The van der Waals surface area contributed by atoms with Crippen molar-refractivity contribution < 1.29 is 4.79 Å². The molecule has 2 aromatic carbocycles. The number of carbonyl (C=O) groups is 1. The summed E-state index contributed by atoms with van der Waals surface area (Å²) in [7, 11) is 0. The molecule has 27 heavy (non-hydrogen) atoms. The smallest absolute Gasteiger partial charge is 0.280 e. The number of aromatic nitrogens is 1. The summed E-state index contributed by atoms with van der Waals surface area (Å²) < 4.78 is 1.03. The van der Waals surface area contributed by atoms with Crippen molar-refractivity contribution in [2.75, 3.05) is 0 Å². The normalized spacial score (nSPS) is 14.9. The molecule has 0 radical (unpaired) electrons. The molecule has 0 saturated heterocycles. The summed E-state index contributed by atoms with van der Waals surface area (Å²) in [6.45, 7) is 0. The lowest BCUT2D eigenvalue weighted by Gasteiger charge is -2.22. The molecule has 1 aliphatic carbocycles. The Balaban J connectivity index is 1.69. The first-order valence-corrected chi connectivity index (χ1v) is 10.9. The highest BCUT2D eigenvalue weighted by atomic mass is 79.9. The largest absolute Gasteiger partial charge is 0.347 e. The number of nitrogens with one attached hydrogen (secondary N) is 1. The molecule has 1 aromatic heterocycles. The maximum Gasteiger partial charge on any atom is 0.280 e. The minimum Gasteiger partial charge on any atom is -0.347 e. The van der Waals surface area contributed by atoms with Gasteiger partial charge in [-0.25, -0.2) is 4.98 Å². The second kappa shape index (κ2) is 8.36. The van der Waals surface area contributed by atoms with E-state index in [4.69, 9.17) is 4.98 Å². The van der Waals surface area contributed by atoms with E-state index in [2.05, 4.69) is 33.4 Å². The maximum absolute atomic E-state index is 12.8. The van der Waals surface area contributed by atoms with Crippen LogP contribution in [0.3, 0.4) is 0 Å². The molecule has 1 aliphatic rings. The molecular formula is C22H21BrN2OS. The van der Waals surface area contributed by atoms with Crippen molar-refractivity contribution in [2.45, 2.75) is 38.1 Å². The van der Waals surface area contributed by atoms with Gasteiger partial charge in [0, 0.05) is 16.1 Å². The van der Waals surface area contributed by atoms with Gasteiger partial charge in [0.15, 0.2) is 5.01 Å². The number of thiazole rings is 1. The molecule has 1 N–H and O–H groups in total. The molecule has 138 valence electrons. The van der Waals surface area contributed by atoms with Crippen molar-refractivity contribution in [3.8, 4) is 21.7 Å². The summed E-state index contributed by atoms with van der Waals surface area (Å²) in [6, 6.07) is 18.5. The Morgan fingerprint density at radius 2 is 1.67 bits per heavy atom. The van der Waals surface area contributed by atoms with Gasteiger partial charge in [-0.15, -0.1) is 11.3 Å². The minimum atomic E-state index is -0.0487. The quantitative estimate of drug-likeness (QED) is 0.516. The molecular weight excluding hydrogens is 420 g/mol. The van der Waals surface area contributed by atoms with Crippen molar-refractivity contribution in [3.63, 3.8) is 0 Å². The predicted molar refractivity (Wildman–Crippen MR) is 115 cm³/mol. The van der Waals surface area contributed by atoms with Crippen molar-refractivity contribution >= 4 is 33.2 Å². The molecule has 5 heteroatoms. The first-order valence-electron chi connectivity index (χ1n) is 9.34. The molecule has 3 nitrogen and oxygen atoms in total. The van der Waals surface area contributed by atoms with Crippen LogP contribution in [-0.4, -0.2) is 16.9 Å². The van der Waals surface area contributed by atoms with Gasteiger partial charge in [-0.3, -0.25) is 4.79 Å². The molecule has 0 aliphatic heterocycles. The third-order valence-electron chi connectivity index (χ3n) is 4.92. The number of nitrogens with zero attached hydrogens (tertiary/aromatic N) is 1. The Morgan fingerprint density at radius 1 is 0.963 bits per heavy atom. The number of halogens is 1. The zero-order valence-corrected chi connectivity index (χ0v) is 17.4. The number of benzene rings is 2. The Labute approximate surface area is 172 Å². The van der Waals surface area contributed by atoms with E-state index in [9.17, 15) is 4.79 Å². The van der Waals surface area contributed by atoms with Gasteiger partial charge in [-0.2, -0.15) is 0 Å². The maximum atomic E-state index is 12.8. The lowest BCUT2D eigenvalue weighted by molar-refractivity contribution is 0.0927. The molecule has 0 unspecified atom stereocenters. The fraction of sp³-hybridized carbons (Fsp3) is 0.273. The average molecular weight is 441 g/mol.